The maximum Gasteiger partial charge on any atom is 0.488 e. The monoisotopic (exact) mass is 304 g/mol. The highest BCUT2D eigenvalue weighted by molar-refractivity contribution is 7.99. The van der Waals surface area contributed by atoms with Gasteiger partial charge in [0.2, 0.25) is 0 Å². The highest BCUT2D eigenvalue weighted by Gasteiger charge is 2.09. The molecule has 0 fully saturated rings. The first kappa shape index (κ1) is 15.8. The van der Waals surface area contributed by atoms with Crippen LogP contribution in [0.4, 0.5) is 0 Å². The average molecular weight is 304 g/mol. The van der Waals surface area contributed by atoms with Crippen LogP contribution in [0.3, 0.4) is 0 Å². The molecule has 0 aliphatic heterocycles. The van der Waals surface area contributed by atoms with Gasteiger partial charge in [-0.2, -0.15) is 0 Å². The highest BCUT2D eigenvalue weighted by Crippen LogP contribution is 2.22. The van der Waals surface area contributed by atoms with Crippen molar-refractivity contribution in [1.29, 1.82) is 0 Å². The van der Waals surface area contributed by atoms with E-state index in [2.05, 4.69) is 0 Å². The van der Waals surface area contributed by atoms with Gasteiger partial charge in [-0.05, 0) is 35.8 Å². The lowest BCUT2D eigenvalue weighted by atomic mass is 9.80. The van der Waals surface area contributed by atoms with Gasteiger partial charge in [0, 0.05) is 10.6 Å². The van der Waals surface area contributed by atoms with Gasteiger partial charge in [0.05, 0.1) is 13.7 Å². The second kappa shape index (κ2) is 7.97. The molecule has 0 aliphatic carbocycles. The first-order valence-corrected chi connectivity index (χ1v) is 7.53. The summed E-state index contributed by atoms with van der Waals surface area (Å²) < 4.78 is 10.8. The van der Waals surface area contributed by atoms with Crippen LogP contribution >= 0.6 is 11.8 Å². The molecule has 21 heavy (non-hydrogen) atoms. The molecule has 6 heteroatoms. The number of thioether (sulfide) groups is 1. The van der Waals surface area contributed by atoms with E-state index in [1.54, 1.807) is 43.1 Å². The van der Waals surface area contributed by atoms with E-state index >= 15 is 0 Å². The minimum Gasteiger partial charge on any atom is -0.497 e. The van der Waals surface area contributed by atoms with Crippen LogP contribution < -0.4 is 14.9 Å². The maximum atomic E-state index is 9.00. The molecular weight excluding hydrogens is 287 g/mol. The molecule has 0 bridgehead atoms. The second-order valence-electron chi connectivity index (χ2n) is 4.32. The van der Waals surface area contributed by atoms with Crippen LogP contribution in [0, 0.1) is 0 Å². The summed E-state index contributed by atoms with van der Waals surface area (Å²) in [6, 6.07) is 14.6. The van der Waals surface area contributed by atoms with Crippen molar-refractivity contribution in [2.45, 2.75) is 4.90 Å². The van der Waals surface area contributed by atoms with Crippen molar-refractivity contribution in [3.8, 4) is 11.5 Å². The van der Waals surface area contributed by atoms with Crippen LogP contribution in [0.15, 0.2) is 53.4 Å². The quantitative estimate of drug-likeness (QED) is 0.462. The Hall–Kier alpha value is -1.63. The molecule has 2 N–H and O–H groups in total. The molecule has 0 spiro atoms. The standard InChI is InChI=1S/C15H17BO4S/c1-19-14-3-2-4-15(11-14)21-10-9-20-13-7-5-12(6-8-13)16(17)18/h2-8,11,17-18H,9-10H2,1H3. The molecule has 0 saturated carbocycles. The Morgan fingerprint density at radius 1 is 1.05 bits per heavy atom. The van der Waals surface area contributed by atoms with E-state index in [0.29, 0.717) is 17.8 Å². The fourth-order valence-electron chi connectivity index (χ4n) is 1.75. The third-order valence-electron chi connectivity index (χ3n) is 2.84. The largest absolute Gasteiger partial charge is 0.497 e. The summed E-state index contributed by atoms with van der Waals surface area (Å²) >= 11 is 1.69. The van der Waals surface area contributed by atoms with Gasteiger partial charge in [-0.25, -0.2) is 0 Å². The Morgan fingerprint density at radius 2 is 1.81 bits per heavy atom. The first-order valence-electron chi connectivity index (χ1n) is 6.55. The number of hydrogen-bond donors (Lipinski definition) is 2. The van der Waals surface area contributed by atoms with Gasteiger partial charge in [-0.1, -0.05) is 18.2 Å². The Bertz CT molecular complexity index is 560. The Labute approximate surface area is 128 Å². The number of methoxy groups -OCH3 is 1. The van der Waals surface area contributed by atoms with Crippen LogP contribution in [-0.2, 0) is 0 Å². The van der Waals surface area contributed by atoms with Crippen LogP contribution in [-0.4, -0.2) is 36.6 Å². The molecule has 110 valence electrons. The third-order valence-corrected chi connectivity index (χ3v) is 3.80. The minimum absolute atomic E-state index is 0.452. The molecule has 2 aromatic carbocycles. The summed E-state index contributed by atoms with van der Waals surface area (Å²) in [4.78, 5) is 1.14. The SMILES string of the molecule is COc1cccc(SCCOc2ccc(B(O)O)cc2)c1. The zero-order chi connectivity index (χ0) is 15.1. The summed E-state index contributed by atoms with van der Waals surface area (Å²) in [6.45, 7) is 0.572. The topological polar surface area (TPSA) is 58.9 Å². The lowest BCUT2D eigenvalue weighted by Gasteiger charge is -2.07. The van der Waals surface area contributed by atoms with Gasteiger partial charge >= 0.3 is 7.12 Å². The van der Waals surface area contributed by atoms with Gasteiger partial charge in [-0.3, -0.25) is 0 Å². The van der Waals surface area contributed by atoms with E-state index in [4.69, 9.17) is 19.5 Å². The van der Waals surface area contributed by atoms with E-state index in [1.165, 1.54) is 0 Å². The van der Waals surface area contributed by atoms with Gasteiger partial charge in [-0.15, -0.1) is 11.8 Å². The fraction of sp³-hybridized carbons (Fsp3) is 0.200. The van der Waals surface area contributed by atoms with Crippen LogP contribution in [0.1, 0.15) is 0 Å². The molecule has 0 unspecified atom stereocenters. The van der Waals surface area contributed by atoms with Crippen molar-refractivity contribution in [3.63, 3.8) is 0 Å². The number of ether oxygens (including phenoxy) is 2. The lowest BCUT2D eigenvalue weighted by Crippen LogP contribution is -2.29. The lowest BCUT2D eigenvalue weighted by molar-refractivity contribution is 0.344. The van der Waals surface area contributed by atoms with Crippen molar-refractivity contribution >= 4 is 24.3 Å². The molecule has 0 amide bonds. The summed E-state index contributed by atoms with van der Waals surface area (Å²) in [7, 11) is 0.211. The summed E-state index contributed by atoms with van der Waals surface area (Å²) in [6.07, 6.45) is 0. The van der Waals surface area contributed by atoms with Crippen LogP contribution in [0.2, 0.25) is 0 Å². The Kier molecular flexibility index (Phi) is 5.98. The average Bonchev–Trinajstić information content (AvgIpc) is 2.52. The van der Waals surface area contributed by atoms with E-state index in [-0.39, 0.29) is 0 Å². The maximum absolute atomic E-state index is 9.00. The van der Waals surface area contributed by atoms with Gasteiger partial charge in [0.25, 0.3) is 0 Å². The number of hydrogen-bond acceptors (Lipinski definition) is 5. The third kappa shape index (κ3) is 5.01. The van der Waals surface area contributed by atoms with Crippen molar-refractivity contribution in [3.05, 3.63) is 48.5 Å². The predicted octanol–water partition coefficient (Wildman–Crippen LogP) is 1.55. The van der Waals surface area contributed by atoms with Crippen LogP contribution in [0.5, 0.6) is 11.5 Å². The number of rotatable bonds is 7. The minimum atomic E-state index is -1.44. The summed E-state index contributed by atoms with van der Waals surface area (Å²) in [5, 5.41) is 18.0. The molecule has 2 aromatic rings. The predicted molar refractivity (Wildman–Crippen MR) is 85.5 cm³/mol. The van der Waals surface area contributed by atoms with E-state index in [9.17, 15) is 0 Å². The highest BCUT2D eigenvalue weighted by atomic mass is 32.2. The molecule has 0 atom stereocenters. The van der Waals surface area contributed by atoms with Crippen molar-refractivity contribution < 1.29 is 19.5 Å². The molecule has 0 saturated heterocycles. The first-order chi connectivity index (χ1) is 10.2. The van der Waals surface area contributed by atoms with Gasteiger partial charge in [0.15, 0.2) is 0 Å². The fourth-order valence-corrected chi connectivity index (χ4v) is 2.52. The molecule has 0 aromatic heterocycles. The molecular formula is C15H17BO4S. The smallest absolute Gasteiger partial charge is 0.488 e. The Balaban J connectivity index is 1.76. The van der Waals surface area contributed by atoms with E-state index < -0.39 is 7.12 Å². The molecule has 0 radical (unpaired) electrons. The van der Waals surface area contributed by atoms with E-state index in [1.807, 2.05) is 24.3 Å². The van der Waals surface area contributed by atoms with Crippen LogP contribution in [0.25, 0.3) is 0 Å². The van der Waals surface area contributed by atoms with Crippen molar-refractivity contribution in [2.24, 2.45) is 0 Å². The van der Waals surface area contributed by atoms with Gasteiger partial charge in [0.1, 0.15) is 11.5 Å². The zero-order valence-corrected chi connectivity index (χ0v) is 12.5. The Morgan fingerprint density at radius 3 is 2.48 bits per heavy atom. The molecule has 4 nitrogen and oxygen atoms in total. The van der Waals surface area contributed by atoms with Crippen molar-refractivity contribution in [1.82, 2.24) is 0 Å². The van der Waals surface area contributed by atoms with Gasteiger partial charge < -0.3 is 19.5 Å². The number of benzene rings is 2. The summed E-state index contributed by atoms with van der Waals surface area (Å²) in [5.41, 5.74) is 0.452. The normalized spacial score (nSPS) is 10.2. The van der Waals surface area contributed by atoms with E-state index in [0.717, 1.165) is 16.4 Å². The van der Waals surface area contributed by atoms with Crippen molar-refractivity contribution in [2.75, 3.05) is 19.5 Å². The summed E-state index contributed by atoms with van der Waals surface area (Å²) in [5.74, 6) is 2.38. The molecule has 0 heterocycles. The second-order valence-corrected chi connectivity index (χ2v) is 5.49. The molecule has 0 aliphatic rings. The zero-order valence-electron chi connectivity index (χ0n) is 11.7. The molecule has 2 rings (SSSR count).